The lowest BCUT2D eigenvalue weighted by molar-refractivity contribution is 0.621. The highest BCUT2D eigenvalue weighted by Crippen LogP contribution is 2.22. The summed E-state index contributed by atoms with van der Waals surface area (Å²) in [6.07, 6.45) is 3.45. The van der Waals surface area contributed by atoms with Gasteiger partial charge in [-0.1, -0.05) is 23.7 Å². The van der Waals surface area contributed by atoms with Crippen LogP contribution in [0.2, 0.25) is 5.02 Å². The average Bonchev–Trinajstić information content (AvgIpc) is 2.18. The van der Waals surface area contributed by atoms with E-state index in [9.17, 15) is 4.39 Å². The molecule has 0 unspecified atom stereocenters. The van der Waals surface area contributed by atoms with Crippen LogP contribution >= 0.6 is 11.6 Å². The zero-order valence-corrected chi connectivity index (χ0v) is 8.60. The second-order valence-corrected chi connectivity index (χ2v) is 3.55. The van der Waals surface area contributed by atoms with E-state index in [1.165, 1.54) is 6.07 Å². The monoisotopic (exact) mass is 213 g/mol. The largest absolute Gasteiger partial charge is 0.324 e. The van der Waals surface area contributed by atoms with E-state index in [2.05, 4.69) is 6.58 Å². The first kappa shape index (κ1) is 11.2. The molecule has 1 nitrogen and oxygen atoms in total. The zero-order valence-electron chi connectivity index (χ0n) is 7.84. The van der Waals surface area contributed by atoms with Crippen molar-refractivity contribution in [3.05, 3.63) is 47.3 Å². The molecule has 1 rings (SSSR count). The summed E-state index contributed by atoms with van der Waals surface area (Å²) in [6, 6.07) is 4.47. The molecule has 0 aliphatic carbocycles. The van der Waals surface area contributed by atoms with E-state index in [1.54, 1.807) is 12.1 Å². The first-order chi connectivity index (χ1) is 6.65. The molecular formula is C11H13ClFN. The van der Waals surface area contributed by atoms with Gasteiger partial charge in [-0.3, -0.25) is 0 Å². The molecular weight excluding hydrogens is 201 g/mol. The Balaban J connectivity index is 2.75. The molecule has 0 fully saturated rings. The quantitative estimate of drug-likeness (QED) is 0.762. The van der Waals surface area contributed by atoms with E-state index in [1.807, 2.05) is 6.08 Å². The van der Waals surface area contributed by atoms with Crippen LogP contribution in [-0.2, 0) is 0 Å². The third kappa shape index (κ3) is 2.82. The van der Waals surface area contributed by atoms with Crippen molar-refractivity contribution < 1.29 is 4.39 Å². The van der Waals surface area contributed by atoms with Gasteiger partial charge >= 0.3 is 0 Å². The second-order valence-electron chi connectivity index (χ2n) is 3.15. The summed E-state index contributed by atoms with van der Waals surface area (Å²) >= 11 is 5.64. The Hall–Kier alpha value is -0.860. The van der Waals surface area contributed by atoms with Gasteiger partial charge in [-0.25, -0.2) is 4.39 Å². The third-order valence-corrected chi connectivity index (χ3v) is 2.34. The molecule has 76 valence electrons. The van der Waals surface area contributed by atoms with Crippen LogP contribution in [0.15, 0.2) is 30.9 Å². The predicted molar refractivity (Wildman–Crippen MR) is 57.8 cm³/mol. The molecule has 0 heterocycles. The van der Waals surface area contributed by atoms with Gasteiger partial charge < -0.3 is 5.73 Å². The van der Waals surface area contributed by atoms with Crippen LogP contribution < -0.4 is 5.73 Å². The van der Waals surface area contributed by atoms with Gasteiger partial charge in [0.1, 0.15) is 5.82 Å². The third-order valence-electron chi connectivity index (χ3n) is 2.05. The number of hydrogen-bond donors (Lipinski definition) is 1. The average molecular weight is 214 g/mol. The maximum Gasteiger partial charge on any atom is 0.141 e. The van der Waals surface area contributed by atoms with Gasteiger partial charge in [0.25, 0.3) is 0 Å². The van der Waals surface area contributed by atoms with Crippen LogP contribution in [0.4, 0.5) is 4.39 Å². The fraction of sp³-hybridized carbons (Fsp3) is 0.273. The van der Waals surface area contributed by atoms with E-state index in [4.69, 9.17) is 17.3 Å². The zero-order chi connectivity index (χ0) is 10.6. The normalized spacial score (nSPS) is 12.5. The van der Waals surface area contributed by atoms with Crippen molar-refractivity contribution in [2.24, 2.45) is 5.73 Å². The summed E-state index contributed by atoms with van der Waals surface area (Å²) in [5.41, 5.74) is 6.73. The fourth-order valence-electron chi connectivity index (χ4n) is 1.21. The van der Waals surface area contributed by atoms with Crippen molar-refractivity contribution in [3.63, 3.8) is 0 Å². The summed E-state index contributed by atoms with van der Waals surface area (Å²) in [4.78, 5) is 0. The number of halogens is 2. The van der Waals surface area contributed by atoms with Gasteiger partial charge in [0.2, 0.25) is 0 Å². The number of rotatable bonds is 4. The number of hydrogen-bond acceptors (Lipinski definition) is 1. The molecule has 0 amide bonds. The lowest BCUT2D eigenvalue weighted by Crippen LogP contribution is -2.09. The molecule has 0 bridgehead atoms. The highest BCUT2D eigenvalue weighted by Gasteiger charge is 2.07. The number of nitrogens with two attached hydrogens (primary N) is 1. The van der Waals surface area contributed by atoms with Crippen molar-refractivity contribution in [2.75, 3.05) is 0 Å². The molecule has 1 atom stereocenters. The molecule has 14 heavy (non-hydrogen) atoms. The molecule has 1 aromatic rings. The topological polar surface area (TPSA) is 26.0 Å². The number of benzene rings is 1. The van der Waals surface area contributed by atoms with Crippen LogP contribution in [-0.4, -0.2) is 0 Å². The van der Waals surface area contributed by atoms with Gasteiger partial charge in [0, 0.05) is 6.04 Å². The predicted octanol–water partition coefficient (Wildman–Crippen LogP) is 3.45. The minimum atomic E-state index is -0.411. The standard InChI is InChI=1S/C11H13ClFN/c1-2-3-4-11(14)8-5-6-10(13)9(12)7-8/h2,5-7,11H,1,3-4,14H2/t11-/m0/s1. The highest BCUT2D eigenvalue weighted by atomic mass is 35.5. The van der Waals surface area contributed by atoms with Crippen molar-refractivity contribution in [1.29, 1.82) is 0 Å². The Labute approximate surface area is 88.4 Å². The second kappa shape index (κ2) is 5.13. The molecule has 0 saturated carbocycles. The smallest absolute Gasteiger partial charge is 0.141 e. The van der Waals surface area contributed by atoms with E-state index >= 15 is 0 Å². The molecule has 0 aliphatic heterocycles. The van der Waals surface area contributed by atoms with Gasteiger partial charge in [0.15, 0.2) is 0 Å². The van der Waals surface area contributed by atoms with Gasteiger partial charge in [0.05, 0.1) is 5.02 Å². The maximum absolute atomic E-state index is 12.8. The summed E-state index contributed by atoms with van der Waals surface area (Å²) in [5.74, 6) is -0.411. The summed E-state index contributed by atoms with van der Waals surface area (Å²) < 4.78 is 12.8. The van der Waals surface area contributed by atoms with Crippen LogP contribution in [0.1, 0.15) is 24.4 Å². The number of allylic oxidation sites excluding steroid dienone is 1. The summed E-state index contributed by atoms with van der Waals surface area (Å²) in [7, 11) is 0. The highest BCUT2D eigenvalue weighted by molar-refractivity contribution is 6.30. The Morgan fingerprint density at radius 1 is 1.57 bits per heavy atom. The first-order valence-corrected chi connectivity index (χ1v) is 4.84. The van der Waals surface area contributed by atoms with E-state index in [0.29, 0.717) is 0 Å². The van der Waals surface area contributed by atoms with E-state index in [0.717, 1.165) is 18.4 Å². The van der Waals surface area contributed by atoms with Gasteiger partial charge in [-0.15, -0.1) is 6.58 Å². The molecule has 2 N–H and O–H groups in total. The summed E-state index contributed by atoms with van der Waals surface area (Å²) in [5, 5.41) is 0.122. The maximum atomic E-state index is 12.8. The molecule has 0 radical (unpaired) electrons. The molecule has 0 spiro atoms. The van der Waals surface area contributed by atoms with Crippen molar-refractivity contribution in [3.8, 4) is 0 Å². The first-order valence-electron chi connectivity index (χ1n) is 4.46. The van der Waals surface area contributed by atoms with Gasteiger partial charge in [-0.05, 0) is 30.5 Å². The minimum Gasteiger partial charge on any atom is -0.324 e. The fourth-order valence-corrected chi connectivity index (χ4v) is 1.40. The van der Waals surface area contributed by atoms with E-state index < -0.39 is 5.82 Å². The molecule has 0 aliphatic rings. The Bertz CT molecular complexity index is 325. The Morgan fingerprint density at radius 3 is 2.86 bits per heavy atom. The Kier molecular flexibility index (Phi) is 4.11. The van der Waals surface area contributed by atoms with Crippen LogP contribution in [0.25, 0.3) is 0 Å². The van der Waals surface area contributed by atoms with Crippen molar-refractivity contribution >= 4 is 11.6 Å². The SMILES string of the molecule is C=CCC[C@H](N)c1ccc(F)c(Cl)c1. The molecule has 0 aromatic heterocycles. The minimum absolute atomic E-state index is 0.105. The molecule has 0 saturated heterocycles. The van der Waals surface area contributed by atoms with Crippen LogP contribution in [0.3, 0.4) is 0 Å². The molecule has 3 heteroatoms. The molecule has 1 aromatic carbocycles. The van der Waals surface area contributed by atoms with Crippen molar-refractivity contribution in [2.45, 2.75) is 18.9 Å². The Morgan fingerprint density at radius 2 is 2.29 bits per heavy atom. The van der Waals surface area contributed by atoms with Gasteiger partial charge in [-0.2, -0.15) is 0 Å². The lowest BCUT2D eigenvalue weighted by atomic mass is 10.0. The summed E-state index contributed by atoms with van der Waals surface area (Å²) in [6.45, 7) is 3.62. The van der Waals surface area contributed by atoms with E-state index in [-0.39, 0.29) is 11.1 Å². The van der Waals surface area contributed by atoms with Crippen LogP contribution in [0, 0.1) is 5.82 Å². The lowest BCUT2D eigenvalue weighted by Gasteiger charge is -2.10. The van der Waals surface area contributed by atoms with Crippen LogP contribution in [0.5, 0.6) is 0 Å². The van der Waals surface area contributed by atoms with Crippen molar-refractivity contribution in [1.82, 2.24) is 0 Å².